The number of rotatable bonds is 35. The van der Waals surface area contributed by atoms with Crippen molar-refractivity contribution < 1.29 is 78.0 Å². The van der Waals surface area contributed by atoms with Gasteiger partial charge in [-0.1, -0.05) is 38.5 Å². The summed E-state index contributed by atoms with van der Waals surface area (Å²) >= 11 is 0. The zero-order valence-electron chi connectivity index (χ0n) is 44.5. The molecule has 0 bridgehead atoms. The fraction of sp³-hybridized carbons (Fsp3) is 0.592. The predicted molar refractivity (Wildman–Crippen MR) is 278 cm³/mol. The van der Waals surface area contributed by atoms with Gasteiger partial charge in [0.25, 0.3) is 0 Å². The number of nitrogens with two attached hydrogens (primary N) is 3. The van der Waals surface area contributed by atoms with Gasteiger partial charge in [0.15, 0.2) is 0 Å². The fourth-order valence-electron chi connectivity index (χ4n) is 7.56. The molecule has 0 spiro atoms. The molecule has 1 aromatic heterocycles. The molecule has 78 heavy (non-hydrogen) atoms. The van der Waals surface area contributed by atoms with Crippen LogP contribution < -0.4 is 65.1 Å². The predicted octanol–water partition coefficient (Wildman–Crippen LogP) is -4.78. The van der Waals surface area contributed by atoms with Crippen molar-refractivity contribution in [3.05, 3.63) is 36.0 Å². The van der Waals surface area contributed by atoms with Crippen molar-refractivity contribution in [2.75, 3.05) is 13.2 Å². The number of carbonyl (C=O) groups excluding carboxylic acids is 10. The van der Waals surface area contributed by atoms with E-state index in [0.29, 0.717) is 23.8 Å². The highest BCUT2D eigenvalue weighted by Gasteiger charge is 2.36. The highest BCUT2D eigenvalue weighted by atomic mass is 16.4. The number of hydrogen-bond acceptors (Lipinski definition) is 16. The lowest BCUT2D eigenvalue weighted by molar-refractivity contribution is -0.142. The molecule has 20 N–H and O–H groups in total. The molecular formula is C49H77N13O16. The molecular weight excluding hydrogens is 1030 g/mol. The zero-order valence-corrected chi connectivity index (χ0v) is 44.5. The van der Waals surface area contributed by atoms with E-state index in [2.05, 4.69) is 52.8 Å². The number of carboxylic acids is 2. The largest absolute Gasteiger partial charge is 0.481 e. The number of para-hydroxylation sites is 1. The Bertz CT molecular complexity index is 2440. The van der Waals surface area contributed by atoms with E-state index in [1.807, 2.05) is 0 Å². The Labute approximate surface area is 449 Å². The number of fused-ring (bicyclic) bond motifs is 1. The lowest BCUT2D eigenvalue weighted by Gasteiger charge is -2.28. The van der Waals surface area contributed by atoms with Gasteiger partial charge in [0.2, 0.25) is 59.1 Å². The molecule has 0 radical (unpaired) electrons. The third-order valence-electron chi connectivity index (χ3n) is 12.5. The normalized spacial score (nSPS) is 15.8. The molecule has 0 fully saturated rings. The molecule has 0 unspecified atom stereocenters. The Morgan fingerprint density at radius 2 is 1.05 bits per heavy atom. The van der Waals surface area contributed by atoms with E-state index in [9.17, 15) is 78.0 Å². The van der Waals surface area contributed by atoms with Crippen molar-refractivity contribution >= 4 is 81.9 Å². The maximum Gasteiger partial charge on any atom is 0.326 e. The lowest BCUT2D eigenvalue weighted by atomic mass is 9.97. The lowest BCUT2D eigenvalue weighted by Crippen LogP contribution is -2.61. The van der Waals surface area contributed by atoms with Crippen LogP contribution in [0, 0.1) is 5.92 Å². The van der Waals surface area contributed by atoms with E-state index in [1.165, 1.54) is 27.7 Å². The number of primary amides is 1. The molecule has 0 saturated heterocycles. The van der Waals surface area contributed by atoms with Crippen LogP contribution in [0.15, 0.2) is 30.5 Å². The van der Waals surface area contributed by atoms with E-state index in [-0.39, 0.29) is 38.6 Å². The van der Waals surface area contributed by atoms with Crippen molar-refractivity contribution in [3.63, 3.8) is 0 Å². The van der Waals surface area contributed by atoms with E-state index in [0.717, 1.165) is 5.52 Å². The van der Waals surface area contributed by atoms with Crippen molar-refractivity contribution in [1.82, 2.24) is 52.8 Å². The van der Waals surface area contributed by atoms with Gasteiger partial charge in [-0.25, -0.2) is 4.79 Å². The van der Waals surface area contributed by atoms with Crippen LogP contribution in [0.1, 0.15) is 98.5 Å². The fourth-order valence-corrected chi connectivity index (χ4v) is 7.56. The first-order chi connectivity index (χ1) is 36.6. The summed E-state index contributed by atoms with van der Waals surface area (Å²) in [5.74, 6) is -12.7. The Kier molecular flexibility index (Phi) is 27.8. The highest BCUT2D eigenvalue weighted by molar-refractivity contribution is 5.99. The van der Waals surface area contributed by atoms with Crippen molar-refractivity contribution in [1.29, 1.82) is 0 Å². The first-order valence-electron chi connectivity index (χ1n) is 25.4. The second kappa shape index (κ2) is 32.7. The summed E-state index contributed by atoms with van der Waals surface area (Å²) < 4.78 is 0. The summed E-state index contributed by atoms with van der Waals surface area (Å²) in [5.41, 5.74) is 17.8. The third kappa shape index (κ3) is 21.7. The molecule has 0 aliphatic heterocycles. The van der Waals surface area contributed by atoms with Crippen molar-refractivity contribution in [2.24, 2.45) is 23.1 Å². The number of carboxylic acid groups (broad SMARTS) is 2. The minimum Gasteiger partial charge on any atom is -0.481 e. The number of hydrogen-bond donors (Lipinski definition) is 17. The third-order valence-corrected chi connectivity index (χ3v) is 12.5. The Morgan fingerprint density at radius 3 is 1.59 bits per heavy atom. The van der Waals surface area contributed by atoms with Crippen LogP contribution in [0.2, 0.25) is 0 Å². The quantitative estimate of drug-likeness (QED) is 0.0288. The van der Waals surface area contributed by atoms with Crippen LogP contribution in [0.25, 0.3) is 10.9 Å². The molecule has 1 aromatic carbocycles. The summed E-state index contributed by atoms with van der Waals surface area (Å²) in [6.07, 6.45) is -1.03. The summed E-state index contributed by atoms with van der Waals surface area (Å²) in [4.78, 5) is 159. The minimum absolute atomic E-state index is 0.0642. The Hall–Kier alpha value is -7.76. The summed E-state index contributed by atoms with van der Waals surface area (Å²) in [5, 5.41) is 61.5. The van der Waals surface area contributed by atoms with Gasteiger partial charge in [-0.2, -0.15) is 0 Å². The van der Waals surface area contributed by atoms with Gasteiger partial charge in [-0.15, -0.1) is 0 Å². The molecule has 2 aromatic rings. The molecule has 0 aliphatic rings. The SMILES string of the molecule is CC[C@H](C)[C@H](NC(=O)[C@H](C)NC(=O)[C@H](CCCCN)NC(=O)[C@H](CCC(=O)O)NC(=O)[C@H](C)NC(=O)[C@@H](NC(=O)[C@H](Cc1c[nH]c2ccccc12)NC(=O)[C@@H](N)CO)[C@@H](C)O)C(=O)N[C@@H](C)C(=O)N[C@@H](CCC(N)=O)C(=O)O. The number of H-pyrrole nitrogens is 1. The molecule has 434 valence electrons. The van der Waals surface area contributed by atoms with E-state index < -0.39 is 163 Å². The van der Waals surface area contributed by atoms with Gasteiger partial charge in [-0.3, -0.25) is 52.7 Å². The summed E-state index contributed by atoms with van der Waals surface area (Å²) in [6, 6.07) is -7.51. The molecule has 1 heterocycles. The maximum atomic E-state index is 13.9. The molecule has 0 aliphatic carbocycles. The van der Waals surface area contributed by atoms with Gasteiger partial charge in [0.05, 0.1) is 12.7 Å². The summed E-state index contributed by atoms with van der Waals surface area (Å²) in [6.45, 7) is 7.68. The second-order valence-corrected chi connectivity index (χ2v) is 18.9. The number of nitrogens with one attached hydrogen (secondary N) is 10. The van der Waals surface area contributed by atoms with Crippen LogP contribution in [0.3, 0.4) is 0 Å². The zero-order chi connectivity index (χ0) is 59.0. The van der Waals surface area contributed by atoms with Crippen LogP contribution in [-0.2, 0) is 64.0 Å². The Balaban J connectivity index is 2.24. The first-order valence-corrected chi connectivity index (χ1v) is 25.4. The topological polar surface area (TPSA) is 488 Å². The van der Waals surface area contributed by atoms with Crippen molar-refractivity contribution in [2.45, 2.75) is 166 Å². The number of carbonyl (C=O) groups is 12. The number of aromatic amines is 1. The van der Waals surface area contributed by atoms with Gasteiger partial charge in [0.1, 0.15) is 60.4 Å². The van der Waals surface area contributed by atoms with Gasteiger partial charge >= 0.3 is 11.9 Å². The standard InChI is InChI=1S/C49H77N13O16/c1-7-23(2)38(47(75)55-25(4)41(69)59-34(49(77)78)15-17-36(52)65)61-42(70)26(5)54-44(72)32(14-10-11-19-50)58-45(73)33(16-18-37(66)67)57-40(68)24(3)56-48(76)39(27(6)64)62-46(74)35(60-43(71)30(51)22-63)20-28-21-53-31-13-9-8-12-29(28)31/h8-9,12-13,21,23-27,30,32-35,38-39,53,63-64H,7,10-11,14-20,22,50-51H2,1-6H3,(H2,52,65)(H,54,72)(H,55,75)(H,56,76)(H,57,68)(H,58,73)(H,59,69)(H,60,71)(H,61,70)(H,62,74)(H,66,67)(H,77,78)/t23-,24-,25-,26-,27+,30-,32-,33-,34-,35-,38-,39-/m0/s1. The Morgan fingerprint density at radius 1 is 0.577 bits per heavy atom. The van der Waals surface area contributed by atoms with Crippen LogP contribution in [0.4, 0.5) is 0 Å². The number of benzene rings is 1. The number of aliphatic carboxylic acids is 2. The van der Waals surface area contributed by atoms with E-state index >= 15 is 0 Å². The molecule has 12 atom stereocenters. The first kappa shape index (κ1) is 66.4. The molecule has 29 nitrogen and oxygen atoms in total. The van der Waals surface area contributed by atoms with Gasteiger partial charge in [-0.05, 0) is 83.9 Å². The smallest absolute Gasteiger partial charge is 0.326 e. The summed E-state index contributed by atoms with van der Waals surface area (Å²) in [7, 11) is 0. The number of unbranched alkanes of at least 4 members (excludes halogenated alkanes) is 1. The monoisotopic (exact) mass is 1100 g/mol. The average Bonchev–Trinajstić information content (AvgIpc) is 3.79. The van der Waals surface area contributed by atoms with Crippen LogP contribution in [-0.4, -0.2) is 176 Å². The van der Waals surface area contributed by atoms with Gasteiger partial charge in [0, 0.05) is 36.4 Å². The molecule has 2 rings (SSSR count). The molecule has 0 saturated carbocycles. The maximum absolute atomic E-state index is 13.9. The number of aromatic nitrogens is 1. The molecule has 29 heteroatoms. The van der Waals surface area contributed by atoms with Gasteiger partial charge < -0.3 is 90.5 Å². The second-order valence-electron chi connectivity index (χ2n) is 18.9. The number of amides is 10. The minimum atomic E-state index is -1.74. The van der Waals surface area contributed by atoms with Crippen LogP contribution in [0.5, 0.6) is 0 Å². The average molecular weight is 1100 g/mol. The van der Waals surface area contributed by atoms with E-state index in [1.54, 1.807) is 44.3 Å². The van der Waals surface area contributed by atoms with Crippen LogP contribution >= 0.6 is 0 Å². The molecule has 10 amide bonds. The highest BCUT2D eigenvalue weighted by Crippen LogP contribution is 2.20. The van der Waals surface area contributed by atoms with E-state index in [4.69, 9.17) is 17.2 Å². The number of aliphatic hydroxyl groups excluding tert-OH is 2. The number of aliphatic hydroxyl groups is 2. The van der Waals surface area contributed by atoms with Crippen molar-refractivity contribution in [3.8, 4) is 0 Å².